The average molecular weight is 506 g/mol. The number of nitrogens with one attached hydrogen (secondary N) is 1. The van der Waals surface area contributed by atoms with Crippen LogP contribution in [0.2, 0.25) is 0 Å². The first-order chi connectivity index (χ1) is 18.5. The summed E-state index contributed by atoms with van der Waals surface area (Å²) in [4.78, 5) is 17.6. The van der Waals surface area contributed by atoms with Crippen molar-refractivity contribution < 1.29 is 14.3 Å². The first kappa shape index (κ1) is 25.1. The van der Waals surface area contributed by atoms with E-state index < -0.39 is 0 Å². The van der Waals surface area contributed by atoms with Gasteiger partial charge in [0.1, 0.15) is 12.4 Å². The van der Waals surface area contributed by atoms with Crippen LogP contribution in [0.3, 0.4) is 0 Å². The summed E-state index contributed by atoms with van der Waals surface area (Å²) in [6.07, 6.45) is 0. The van der Waals surface area contributed by atoms with Crippen molar-refractivity contribution in [3.05, 3.63) is 114 Å². The summed E-state index contributed by atoms with van der Waals surface area (Å²) in [7, 11) is 1.63. The highest BCUT2D eigenvalue weighted by atomic mass is 16.5. The molecule has 0 fully saturated rings. The first-order valence-corrected chi connectivity index (χ1v) is 12.7. The summed E-state index contributed by atoms with van der Waals surface area (Å²) in [5, 5.41) is 2.95. The van der Waals surface area contributed by atoms with E-state index in [-0.39, 0.29) is 18.6 Å². The third kappa shape index (κ3) is 5.54. The van der Waals surface area contributed by atoms with Gasteiger partial charge in [0.05, 0.1) is 18.1 Å². The van der Waals surface area contributed by atoms with Gasteiger partial charge in [0.15, 0.2) is 11.5 Å². The summed E-state index contributed by atoms with van der Waals surface area (Å²) < 4.78 is 13.8. The number of para-hydroxylation sites is 2. The molecule has 0 aliphatic rings. The van der Waals surface area contributed by atoms with Gasteiger partial charge in [0, 0.05) is 18.2 Å². The predicted octanol–water partition coefficient (Wildman–Crippen LogP) is 6.48. The minimum atomic E-state index is -0.112. The Kier molecular flexibility index (Phi) is 7.40. The molecular formula is C32H31N3O3. The minimum absolute atomic E-state index is 0.0532. The van der Waals surface area contributed by atoms with Crippen LogP contribution >= 0.6 is 0 Å². The van der Waals surface area contributed by atoms with Gasteiger partial charge in [0.2, 0.25) is 0 Å². The van der Waals surface area contributed by atoms with Gasteiger partial charge < -0.3 is 19.4 Å². The molecule has 38 heavy (non-hydrogen) atoms. The van der Waals surface area contributed by atoms with Gasteiger partial charge >= 0.3 is 0 Å². The number of amides is 1. The molecular weight excluding hydrogens is 474 g/mol. The van der Waals surface area contributed by atoms with Crippen molar-refractivity contribution in [3.63, 3.8) is 0 Å². The van der Waals surface area contributed by atoms with Crippen LogP contribution in [0.4, 0.5) is 0 Å². The Labute approximate surface area is 222 Å². The number of carbonyl (C=O) groups is 1. The number of aromatic nitrogens is 2. The van der Waals surface area contributed by atoms with E-state index >= 15 is 0 Å². The van der Waals surface area contributed by atoms with Crippen molar-refractivity contribution in [2.24, 2.45) is 0 Å². The molecule has 5 rings (SSSR count). The van der Waals surface area contributed by atoms with Crippen molar-refractivity contribution in [1.82, 2.24) is 14.9 Å². The van der Waals surface area contributed by atoms with Gasteiger partial charge in [-0.05, 0) is 66.9 Å². The molecule has 0 aliphatic heterocycles. The molecule has 1 N–H and O–H groups in total. The van der Waals surface area contributed by atoms with Crippen molar-refractivity contribution in [3.8, 4) is 22.6 Å². The topological polar surface area (TPSA) is 65.4 Å². The Morgan fingerprint density at radius 3 is 2.37 bits per heavy atom. The van der Waals surface area contributed by atoms with E-state index in [4.69, 9.17) is 14.5 Å². The number of benzene rings is 4. The lowest BCUT2D eigenvalue weighted by Gasteiger charge is -2.13. The number of hydrogen-bond donors (Lipinski definition) is 1. The van der Waals surface area contributed by atoms with E-state index in [0.29, 0.717) is 23.6 Å². The lowest BCUT2D eigenvalue weighted by atomic mass is 10.0. The molecule has 1 amide bonds. The molecule has 0 aliphatic carbocycles. The van der Waals surface area contributed by atoms with Crippen LogP contribution in [0.1, 0.15) is 35.6 Å². The molecule has 192 valence electrons. The molecule has 5 aromatic rings. The third-order valence-electron chi connectivity index (χ3n) is 6.31. The molecule has 0 radical (unpaired) electrons. The van der Waals surface area contributed by atoms with Crippen molar-refractivity contribution in [1.29, 1.82) is 0 Å². The number of imidazole rings is 1. The van der Waals surface area contributed by atoms with E-state index in [1.165, 1.54) is 5.56 Å². The number of ether oxygens (including phenoxy) is 2. The summed E-state index contributed by atoms with van der Waals surface area (Å²) in [6.45, 7) is 4.75. The molecule has 0 spiro atoms. The highest BCUT2D eigenvalue weighted by Gasteiger charge is 2.16. The van der Waals surface area contributed by atoms with Crippen LogP contribution < -0.4 is 14.8 Å². The quantitative estimate of drug-likeness (QED) is 0.249. The van der Waals surface area contributed by atoms with Gasteiger partial charge in [-0.2, -0.15) is 0 Å². The fraction of sp³-hybridized carbons (Fsp3) is 0.188. The fourth-order valence-electron chi connectivity index (χ4n) is 4.50. The average Bonchev–Trinajstić information content (AvgIpc) is 3.28. The number of rotatable bonds is 9. The number of methoxy groups -OCH3 is 1. The third-order valence-corrected chi connectivity index (χ3v) is 6.31. The van der Waals surface area contributed by atoms with Crippen LogP contribution in [-0.2, 0) is 13.2 Å². The zero-order valence-electron chi connectivity index (χ0n) is 21.8. The van der Waals surface area contributed by atoms with Gasteiger partial charge in [-0.1, -0.05) is 60.7 Å². The maximum absolute atomic E-state index is 12.7. The van der Waals surface area contributed by atoms with Crippen LogP contribution in [-0.4, -0.2) is 28.6 Å². The lowest BCUT2D eigenvalue weighted by Crippen LogP contribution is -2.29. The first-order valence-electron chi connectivity index (χ1n) is 12.7. The normalized spacial score (nSPS) is 11.1. The summed E-state index contributed by atoms with van der Waals surface area (Å²) in [5.41, 5.74) is 5.75. The van der Waals surface area contributed by atoms with Gasteiger partial charge in [-0.3, -0.25) is 4.79 Å². The lowest BCUT2D eigenvalue weighted by molar-refractivity contribution is 0.0943. The molecule has 6 nitrogen and oxygen atoms in total. The number of hydrogen-bond acceptors (Lipinski definition) is 4. The summed E-state index contributed by atoms with van der Waals surface area (Å²) in [5.74, 6) is 1.96. The van der Waals surface area contributed by atoms with Crippen LogP contribution in [0.5, 0.6) is 11.5 Å². The minimum Gasteiger partial charge on any atom is -0.493 e. The molecule has 0 saturated carbocycles. The molecule has 0 unspecified atom stereocenters. The predicted molar refractivity (Wildman–Crippen MR) is 151 cm³/mol. The Morgan fingerprint density at radius 2 is 1.61 bits per heavy atom. The van der Waals surface area contributed by atoms with Gasteiger partial charge in [0.25, 0.3) is 5.91 Å². The molecule has 0 saturated heterocycles. The van der Waals surface area contributed by atoms with Gasteiger partial charge in [-0.15, -0.1) is 0 Å². The van der Waals surface area contributed by atoms with E-state index in [1.54, 1.807) is 7.11 Å². The summed E-state index contributed by atoms with van der Waals surface area (Å²) in [6, 6.07) is 32.1. The highest BCUT2D eigenvalue weighted by molar-refractivity contribution is 5.97. The molecule has 1 aromatic heterocycles. The van der Waals surface area contributed by atoms with E-state index in [2.05, 4.69) is 46.3 Å². The van der Waals surface area contributed by atoms with Crippen LogP contribution in [0, 0.1) is 0 Å². The Morgan fingerprint density at radius 1 is 0.868 bits per heavy atom. The molecule has 0 atom stereocenters. The second-order valence-electron chi connectivity index (χ2n) is 9.45. The Hall–Kier alpha value is -4.58. The van der Waals surface area contributed by atoms with Gasteiger partial charge in [-0.25, -0.2) is 4.98 Å². The zero-order valence-corrected chi connectivity index (χ0v) is 21.8. The summed E-state index contributed by atoms with van der Waals surface area (Å²) >= 11 is 0. The highest BCUT2D eigenvalue weighted by Crippen LogP contribution is 2.28. The molecule has 1 heterocycles. The maximum Gasteiger partial charge on any atom is 0.251 e. The van der Waals surface area contributed by atoms with Crippen molar-refractivity contribution in [2.75, 3.05) is 7.11 Å². The zero-order chi connectivity index (χ0) is 26.5. The standard InChI is InChI=1S/C32H31N3O3/c1-22(2)33-32(36)26-16-17-28-27(19-26)34-31(21-38-30-15-8-7-14-29(30)37-3)35(28)20-23-10-9-13-25(18-23)24-11-5-4-6-12-24/h4-19,22H,20-21H2,1-3H3,(H,33,36). The van der Waals surface area contributed by atoms with Crippen molar-refractivity contribution in [2.45, 2.75) is 33.0 Å². The Bertz CT molecular complexity index is 1560. The van der Waals surface area contributed by atoms with E-state index in [1.807, 2.05) is 74.5 Å². The molecule has 0 bridgehead atoms. The fourth-order valence-corrected chi connectivity index (χ4v) is 4.50. The Balaban J connectivity index is 1.51. The van der Waals surface area contributed by atoms with E-state index in [0.717, 1.165) is 28.0 Å². The molecule has 4 aromatic carbocycles. The number of nitrogens with zero attached hydrogens (tertiary/aromatic N) is 2. The largest absolute Gasteiger partial charge is 0.493 e. The number of fused-ring (bicyclic) bond motifs is 1. The van der Waals surface area contributed by atoms with Crippen LogP contribution in [0.15, 0.2) is 97.1 Å². The van der Waals surface area contributed by atoms with Crippen molar-refractivity contribution >= 4 is 16.9 Å². The monoisotopic (exact) mass is 505 g/mol. The smallest absolute Gasteiger partial charge is 0.251 e. The second-order valence-corrected chi connectivity index (χ2v) is 9.45. The molecule has 6 heteroatoms. The second kappa shape index (κ2) is 11.2. The van der Waals surface area contributed by atoms with Crippen LogP contribution in [0.25, 0.3) is 22.2 Å². The van der Waals surface area contributed by atoms with E-state index in [9.17, 15) is 4.79 Å². The number of carbonyl (C=O) groups excluding carboxylic acids is 1. The maximum atomic E-state index is 12.7. The SMILES string of the molecule is COc1ccccc1OCc1nc2cc(C(=O)NC(C)C)ccc2n1Cc1cccc(-c2ccccc2)c1.